The third kappa shape index (κ3) is 31.0. The van der Waals surface area contributed by atoms with Gasteiger partial charge in [0, 0.05) is 6.54 Å². The van der Waals surface area contributed by atoms with Crippen LogP contribution in [-0.2, 0) is 19.1 Å². The van der Waals surface area contributed by atoms with Crippen LogP contribution in [0.25, 0.3) is 0 Å². The predicted molar refractivity (Wildman–Crippen MR) is 232 cm³/mol. The van der Waals surface area contributed by atoms with Crippen molar-refractivity contribution in [2.45, 2.75) is 254 Å². The van der Waals surface area contributed by atoms with Gasteiger partial charge in [0.15, 0.2) is 0 Å². The molecule has 0 saturated carbocycles. The van der Waals surface area contributed by atoms with E-state index < -0.39 is 10.8 Å². The number of unbranched alkanes of at least 4 members (excludes halogenated alkanes) is 22. The van der Waals surface area contributed by atoms with Crippen molar-refractivity contribution in [3.05, 3.63) is 0 Å². The summed E-state index contributed by atoms with van der Waals surface area (Å²) in [5.41, 5.74) is -0.853. The van der Waals surface area contributed by atoms with Gasteiger partial charge in [-0.1, -0.05) is 162 Å². The van der Waals surface area contributed by atoms with Crippen molar-refractivity contribution in [2.75, 3.05) is 32.8 Å². The molecule has 0 amide bonds. The summed E-state index contributed by atoms with van der Waals surface area (Å²) in [5, 5.41) is 9.65. The molecule has 322 valence electrons. The number of carbonyl (C=O) groups excluding carboxylic acids is 2. The highest BCUT2D eigenvalue weighted by Crippen LogP contribution is 2.29. The second kappa shape index (κ2) is 36.2. The lowest BCUT2D eigenvalue weighted by molar-refractivity contribution is -0.161. The van der Waals surface area contributed by atoms with E-state index in [-0.39, 0.29) is 24.6 Å². The number of aliphatic hydroxyl groups is 1. The molecule has 0 spiro atoms. The lowest BCUT2D eigenvalue weighted by atomic mass is 9.86. The summed E-state index contributed by atoms with van der Waals surface area (Å²) in [5.74, 6) is -0.0433. The average molecular weight is 766 g/mol. The minimum Gasteiger partial charge on any atom is -0.465 e. The van der Waals surface area contributed by atoms with Gasteiger partial charge in [-0.3, -0.25) is 9.59 Å². The average Bonchev–Trinajstić information content (AvgIpc) is 3.14. The van der Waals surface area contributed by atoms with Crippen LogP contribution >= 0.6 is 0 Å². The van der Waals surface area contributed by atoms with Crippen molar-refractivity contribution < 1.29 is 24.2 Å². The van der Waals surface area contributed by atoms with Crippen LogP contribution in [0, 0.1) is 10.8 Å². The zero-order chi connectivity index (χ0) is 40.2. The number of hydrogen-bond donors (Lipinski definition) is 1. The van der Waals surface area contributed by atoms with Crippen LogP contribution < -0.4 is 0 Å². The van der Waals surface area contributed by atoms with Crippen LogP contribution in [0.2, 0.25) is 0 Å². The highest BCUT2D eigenvalue weighted by Gasteiger charge is 2.31. The Morgan fingerprint density at radius 2 is 0.852 bits per heavy atom. The lowest BCUT2D eigenvalue weighted by Gasteiger charge is -2.27. The Hall–Kier alpha value is -1.14. The Labute approximate surface area is 337 Å². The molecule has 0 fully saturated rings. The molecule has 0 aromatic heterocycles. The van der Waals surface area contributed by atoms with Gasteiger partial charge >= 0.3 is 11.9 Å². The van der Waals surface area contributed by atoms with Crippen LogP contribution in [0.1, 0.15) is 248 Å². The Morgan fingerprint density at radius 3 is 1.30 bits per heavy atom. The number of nitrogens with zero attached hydrogens (tertiary/aromatic N) is 1. The maximum Gasteiger partial charge on any atom is 0.311 e. The topological polar surface area (TPSA) is 76.1 Å². The molecule has 54 heavy (non-hydrogen) atoms. The Bertz CT molecular complexity index is 827. The first-order valence-corrected chi connectivity index (χ1v) is 23.8. The predicted octanol–water partition coefficient (Wildman–Crippen LogP) is 13.9. The second-order valence-electron chi connectivity index (χ2n) is 18.1. The van der Waals surface area contributed by atoms with E-state index in [0.717, 1.165) is 110 Å². The number of esters is 2. The molecule has 6 heteroatoms. The normalized spacial score (nSPS) is 12.3. The molecule has 0 aromatic carbocycles. The van der Waals surface area contributed by atoms with Crippen molar-refractivity contribution in [1.29, 1.82) is 0 Å². The molecule has 0 aliphatic heterocycles. The summed E-state index contributed by atoms with van der Waals surface area (Å²) < 4.78 is 11.9. The monoisotopic (exact) mass is 766 g/mol. The van der Waals surface area contributed by atoms with Gasteiger partial charge in [0.2, 0.25) is 0 Å². The number of rotatable bonds is 41. The van der Waals surface area contributed by atoms with Gasteiger partial charge in [0.05, 0.1) is 24.0 Å². The van der Waals surface area contributed by atoms with E-state index in [2.05, 4.69) is 39.5 Å². The van der Waals surface area contributed by atoms with Gasteiger partial charge in [-0.05, 0) is 98.6 Å². The molecule has 0 bridgehead atoms. The molecular formula is C48H95NO5. The Morgan fingerprint density at radius 1 is 0.481 bits per heavy atom. The maximum absolute atomic E-state index is 13.4. The molecule has 0 aliphatic rings. The Kier molecular flexibility index (Phi) is 35.5. The zero-order valence-electron chi connectivity index (χ0n) is 37.6. The first kappa shape index (κ1) is 52.9. The summed E-state index contributed by atoms with van der Waals surface area (Å²) in [4.78, 5) is 28.4. The molecule has 0 aromatic rings. The summed E-state index contributed by atoms with van der Waals surface area (Å²) in [6, 6.07) is 0. The second-order valence-corrected chi connectivity index (χ2v) is 18.1. The maximum atomic E-state index is 13.4. The number of aliphatic hydroxyl groups excluding tert-OH is 1. The fourth-order valence-corrected chi connectivity index (χ4v) is 7.49. The molecule has 0 saturated heterocycles. The van der Waals surface area contributed by atoms with E-state index >= 15 is 0 Å². The molecular weight excluding hydrogens is 671 g/mol. The van der Waals surface area contributed by atoms with Crippen molar-refractivity contribution in [3.63, 3.8) is 0 Å². The van der Waals surface area contributed by atoms with Gasteiger partial charge in [-0.15, -0.1) is 0 Å². The minimum absolute atomic E-state index is 0.000820. The van der Waals surface area contributed by atoms with Crippen molar-refractivity contribution in [3.8, 4) is 0 Å². The van der Waals surface area contributed by atoms with E-state index in [1.54, 1.807) is 0 Å². The number of ether oxygens (including phenoxy) is 2. The van der Waals surface area contributed by atoms with Crippen LogP contribution in [0.5, 0.6) is 0 Å². The number of hydrogen-bond acceptors (Lipinski definition) is 6. The Balaban J connectivity index is 4.33. The van der Waals surface area contributed by atoms with E-state index in [0.29, 0.717) is 6.61 Å². The van der Waals surface area contributed by atoms with Crippen LogP contribution in [0.4, 0.5) is 0 Å². The van der Waals surface area contributed by atoms with Gasteiger partial charge in [-0.25, -0.2) is 0 Å². The van der Waals surface area contributed by atoms with Gasteiger partial charge < -0.3 is 19.5 Å². The third-order valence-corrected chi connectivity index (χ3v) is 11.6. The standard InChI is InChI=1S/C48H95NO5/c1-8-11-14-17-20-27-34-43-53-45(51)47(4,5)37-30-23-25-32-39-49(41-42-50)40-33-26-24-31-38-48(6,7)46(52)54-44(35-28-21-18-15-12-9-2)36-29-22-19-16-13-10-3/h44,50H,8-43H2,1-7H3. The number of carbonyl (C=O) groups is 2. The van der Waals surface area contributed by atoms with Gasteiger partial charge in [0.25, 0.3) is 0 Å². The third-order valence-electron chi connectivity index (χ3n) is 11.6. The van der Waals surface area contributed by atoms with E-state index in [9.17, 15) is 14.7 Å². The summed E-state index contributed by atoms with van der Waals surface area (Å²) in [6.07, 6.45) is 36.6. The smallest absolute Gasteiger partial charge is 0.311 e. The molecule has 0 radical (unpaired) electrons. The van der Waals surface area contributed by atoms with E-state index in [1.165, 1.54) is 109 Å². The molecule has 1 N–H and O–H groups in total. The molecule has 0 rings (SSSR count). The van der Waals surface area contributed by atoms with Crippen molar-refractivity contribution in [1.82, 2.24) is 4.90 Å². The first-order valence-electron chi connectivity index (χ1n) is 23.8. The summed E-state index contributed by atoms with van der Waals surface area (Å²) in [7, 11) is 0. The molecule has 0 heterocycles. The molecule has 0 atom stereocenters. The highest BCUT2D eigenvalue weighted by atomic mass is 16.5. The van der Waals surface area contributed by atoms with Gasteiger partial charge in [0.1, 0.15) is 6.10 Å². The summed E-state index contributed by atoms with van der Waals surface area (Å²) >= 11 is 0. The van der Waals surface area contributed by atoms with Crippen LogP contribution in [0.3, 0.4) is 0 Å². The molecule has 6 nitrogen and oxygen atoms in total. The van der Waals surface area contributed by atoms with E-state index in [1.807, 2.05) is 13.8 Å². The molecule has 0 aliphatic carbocycles. The van der Waals surface area contributed by atoms with Crippen molar-refractivity contribution in [2.24, 2.45) is 10.8 Å². The lowest BCUT2D eigenvalue weighted by Crippen LogP contribution is -2.31. The van der Waals surface area contributed by atoms with Crippen LogP contribution in [0.15, 0.2) is 0 Å². The SMILES string of the molecule is CCCCCCCCCOC(=O)C(C)(C)CCCCCCN(CCO)CCCCCCC(C)(C)C(=O)OC(CCCCCCCC)CCCCCCCC. The fraction of sp³-hybridized carbons (Fsp3) is 0.958. The molecule has 0 unspecified atom stereocenters. The van der Waals surface area contributed by atoms with Crippen LogP contribution in [-0.4, -0.2) is 60.9 Å². The van der Waals surface area contributed by atoms with E-state index in [4.69, 9.17) is 9.47 Å². The van der Waals surface area contributed by atoms with Crippen molar-refractivity contribution >= 4 is 11.9 Å². The zero-order valence-corrected chi connectivity index (χ0v) is 37.6. The highest BCUT2D eigenvalue weighted by molar-refractivity contribution is 5.76. The fourth-order valence-electron chi connectivity index (χ4n) is 7.49. The van der Waals surface area contributed by atoms with Gasteiger partial charge in [-0.2, -0.15) is 0 Å². The first-order chi connectivity index (χ1) is 26.0. The minimum atomic E-state index is -0.438. The quantitative estimate of drug-likeness (QED) is 0.0493. The largest absolute Gasteiger partial charge is 0.465 e. The summed E-state index contributed by atoms with van der Waals surface area (Å²) in [6.45, 7) is 18.5.